The van der Waals surface area contributed by atoms with Crippen molar-refractivity contribution in [2.45, 2.75) is 348 Å². The summed E-state index contributed by atoms with van der Waals surface area (Å²) in [6.07, 6.45) is 81.2. The monoisotopic (exact) mass is 1050 g/mol. The quantitative estimate of drug-likeness (QED) is 0.0261. The average molecular weight is 1050 g/mol. The van der Waals surface area contributed by atoms with Crippen LogP contribution < -0.4 is 0 Å². The van der Waals surface area contributed by atoms with Crippen LogP contribution in [0, 0.1) is 0 Å². The van der Waals surface area contributed by atoms with Crippen LogP contribution in [0.15, 0.2) is 60.8 Å². The Hall–Kier alpha value is -2.89. The van der Waals surface area contributed by atoms with E-state index in [2.05, 4.69) is 75.5 Å². The van der Waals surface area contributed by atoms with Crippen molar-refractivity contribution >= 4 is 17.9 Å². The fourth-order valence-corrected chi connectivity index (χ4v) is 9.63. The van der Waals surface area contributed by atoms with Crippen LogP contribution in [-0.2, 0) is 28.6 Å². The highest BCUT2D eigenvalue weighted by Gasteiger charge is 2.19. The van der Waals surface area contributed by atoms with Crippen molar-refractivity contribution in [1.29, 1.82) is 0 Å². The summed E-state index contributed by atoms with van der Waals surface area (Å²) in [6, 6.07) is 0. The van der Waals surface area contributed by atoms with Crippen molar-refractivity contribution in [2.75, 3.05) is 13.2 Å². The van der Waals surface area contributed by atoms with Gasteiger partial charge in [0.2, 0.25) is 0 Å². The average Bonchev–Trinajstić information content (AvgIpc) is 3.41. The molecule has 0 aliphatic rings. The molecule has 75 heavy (non-hydrogen) atoms. The Kier molecular flexibility index (Phi) is 61.2. The van der Waals surface area contributed by atoms with Gasteiger partial charge in [0.15, 0.2) is 6.10 Å². The van der Waals surface area contributed by atoms with Gasteiger partial charge in [0.25, 0.3) is 0 Å². The zero-order valence-corrected chi connectivity index (χ0v) is 50.1. The fourth-order valence-electron chi connectivity index (χ4n) is 9.63. The zero-order chi connectivity index (χ0) is 54.3. The third-order valence-electron chi connectivity index (χ3n) is 14.5. The number of unbranched alkanes of at least 4 members (excludes halogenated alkanes) is 39. The second-order valence-electron chi connectivity index (χ2n) is 22.0. The van der Waals surface area contributed by atoms with Crippen LogP contribution in [0.3, 0.4) is 0 Å². The van der Waals surface area contributed by atoms with E-state index in [1.54, 1.807) is 0 Å². The first-order valence-electron chi connectivity index (χ1n) is 32.8. The van der Waals surface area contributed by atoms with Crippen molar-refractivity contribution in [3.8, 4) is 0 Å². The van der Waals surface area contributed by atoms with Crippen LogP contribution in [0.2, 0.25) is 0 Å². The first-order valence-corrected chi connectivity index (χ1v) is 32.8. The standard InChI is InChI=1S/C69H124O6/c1-4-7-10-13-16-19-22-25-27-29-31-33-34-36-37-39-41-44-47-50-53-56-59-62-68(71)74-65-66(64-73-67(70)61-58-55-52-49-46-43-24-21-18-15-12-9-6-3)75-69(72)63-60-57-54-51-48-45-42-40-38-35-32-30-28-26-23-20-17-14-11-8-5-2/h9,12,18,21,30,32,43,46,52,55,66H,4-8,10-11,13-17,19-20,22-29,31,33-42,44-45,47-51,53-54,56-65H2,1-3H3/b12-9-,21-18-,32-30-,46-43-,55-52-. The van der Waals surface area contributed by atoms with E-state index in [4.69, 9.17) is 14.2 Å². The van der Waals surface area contributed by atoms with Gasteiger partial charge in [0.1, 0.15) is 13.2 Å². The van der Waals surface area contributed by atoms with E-state index in [0.717, 1.165) is 64.2 Å². The molecule has 436 valence electrons. The lowest BCUT2D eigenvalue weighted by Crippen LogP contribution is -2.30. The first-order chi connectivity index (χ1) is 37.0. The minimum absolute atomic E-state index is 0.0936. The molecule has 0 aromatic rings. The molecule has 0 N–H and O–H groups in total. The molecule has 6 nitrogen and oxygen atoms in total. The van der Waals surface area contributed by atoms with Gasteiger partial charge in [0.05, 0.1) is 0 Å². The highest BCUT2D eigenvalue weighted by atomic mass is 16.6. The summed E-state index contributed by atoms with van der Waals surface area (Å²) in [7, 11) is 0. The van der Waals surface area contributed by atoms with Crippen molar-refractivity contribution in [3.63, 3.8) is 0 Å². The molecule has 0 fully saturated rings. The Morgan fingerprint density at radius 2 is 0.547 bits per heavy atom. The largest absolute Gasteiger partial charge is 0.462 e. The number of hydrogen-bond acceptors (Lipinski definition) is 6. The molecule has 0 saturated carbocycles. The molecule has 0 heterocycles. The molecule has 0 bridgehead atoms. The highest BCUT2D eigenvalue weighted by Crippen LogP contribution is 2.18. The van der Waals surface area contributed by atoms with Crippen molar-refractivity contribution in [2.24, 2.45) is 0 Å². The molecule has 0 aromatic heterocycles. The fraction of sp³-hybridized carbons (Fsp3) is 0.812. The summed E-state index contributed by atoms with van der Waals surface area (Å²) in [4.78, 5) is 38.3. The summed E-state index contributed by atoms with van der Waals surface area (Å²) >= 11 is 0. The van der Waals surface area contributed by atoms with Gasteiger partial charge in [-0.15, -0.1) is 0 Å². The predicted octanol–water partition coefficient (Wildman–Crippen LogP) is 22.3. The Balaban J connectivity index is 4.31. The lowest BCUT2D eigenvalue weighted by atomic mass is 10.0. The molecule has 6 heteroatoms. The molecule has 0 saturated heterocycles. The Bertz CT molecular complexity index is 1340. The van der Waals surface area contributed by atoms with E-state index in [1.807, 2.05) is 6.08 Å². The third kappa shape index (κ3) is 61.8. The number of hydrogen-bond donors (Lipinski definition) is 0. The maximum atomic E-state index is 12.9. The summed E-state index contributed by atoms with van der Waals surface area (Å²) in [5.41, 5.74) is 0. The number of ether oxygens (including phenoxy) is 3. The molecule has 0 amide bonds. The smallest absolute Gasteiger partial charge is 0.306 e. The minimum atomic E-state index is -0.803. The zero-order valence-electron chi connectivity index (χ0n) is 50.1. The molecule has 0 rings (SSSR count). The van der Waals surface area contributed by atoms with Gasteiger partial charge >= 0.3 is 17.9 Å². The van der Waals surface area contributed by atoms with Crippen LogP contribution in [0.1, 0.15) is 342 Å². The molecule has 1 atom stereocenters. The van der Waals surface area contributed by atoms with Gasteiger partial charge in [-0.1, -0.05) is 313 Å². The first kappa shape index (κ1) is 72.1. The number of carbonyl (C=O) groups excluding carboxylic acids is 3. The normalized spacial score (nSPS) is 12.4. The van der Waals surface area contributed by atoms with Crippen LogP contribution in [0.25, 0.3) is 0 Å². The topological polar surface area (TPSA) is 78.9 Å². The molecule has 0 aromatic carbocycles. The maximum Gasteiger partial charge on any atom is 0.306 e. The molecule has 0 aliphatic carbocycles. The van der Waals surface area contributed by atoms with Gasteiger partial charge in [-0.05, 0) is 70.6 Å². The van der Waals surface area contributed by atoms with E-state index in [-0.39, 0.29) is 37.5 Å². The molecular weight excluding hydrogens is 925 g/mol. The minimum Gasteiger partial charge on any atom is -0.462 e. The lowest BCUT2D eigenvalue weighted by Gasteiger charge is -2.18. The van der Waals surface area contributed by atoms with Crippen LogP contribution in [0.5, 0.6) is 0 Å². The number of allylic oxidation sites excluding steroid dienone is 10. The van der Waals surface area contributed by atoms with Crippen LogP contribution >= 0.6 is 0 Å². The summed E-state index contributed by atoms with van der Waals surface area (Å²) in [5.74, 6) is -0.962. The van der Waals surface area contributed by atoms with E-state index in [1.165, 1.54) is 231 Å². The van der Waals surface area contributed by atoms with Crippen LogP contribution in [-0.4, -0.2) is 37.2 Å². The lowest BCUT2D eigenvalue weighted by molar-refractivity contribution is -0.166. The van der Waals surface area contributed by atoms with Gasteiger partial charge in [-0.3, -0.25) is 14.4 Å². The van der Waals surface area contributed by atoms with Crippen molar-refractivity contribution in [3.05, 3.63) is 60.8 Å². The van der Waals surface area contributed by atoms with E-state index < -0.39 is 6.10 Å². The SMILES string of the molecule is CC/C=C\C/C=C\C/C=C\C/C=C\CCC(=O)OCC(COC(=O)CCCCCCCCCCCCCCCCCCCCCCCCC)OC(=O)CCCCCCCCCCC/C=C\CCCCCCCCCC. The highest BCUT2D eigenvalue weighted by molar-refractivity contribution is 5.71. The van der Waals surface area contributed by atoms with E-state index >= 15 is 0 Å². The number of rotatable bonds is 60. The molecule has 0 spiro atoms. The Labute approximate surface area is 466 Å². The Morgan fingerprint density at radius 1 is 0.280 bits per heavy atom. The van der Waals surface area contributed by atoms with Crippen molar-refractivity contribution in [1.82, 2.24) is 0 Å². The van der Waals surface area contributed by atoms with Gasteiger partial charge in [0, 0.05) is 19.3 Å². The summed E-state index contributed by atoms with van der Waals surface area (Å²) in [6.45, 7) is 6.51. The maximum absolute atomic E-state index is 12.9. The van der Waals surface area contributed by atoms with Gasteiger partial charge in [-0.25, -0.2) is 0 Å². The van der Waals surface area contributed by atoms with Crippen LogP contribution in [0.4, 0.5) is 0 Å². The number of carbonyl (C=O) groups is 3. The number of esters is 3. The van der Waals surface area contributed by atoms with Gasteiger partial charge < -0.3 is 14.2 Å². The summed E-state index contributed by atoms with van der Waals surface area (Å²) < 4.78 is 16.9. The van der Waals surface area contributed by atoms with Gasteiger partial charge in [-0.2, -0.15) is 0 Å². The Morgan fingerprint density at radius 3 is 0.893 bits per heavy atom. The molecule has 0 aliphatic heterocycles. The second kappa shape index (κ2) is 63.6. The predicted molar refractivity (Wildman–Crippen MR) is 325 cm³/mol. The van der Waals surface area contributed by atoms with Crippen molar-refractivity contribution < 1.29 is 28.6 Å². The third-order valence-corrected chi connectivity index (χ3v) is 14.5. The molecule has 0 radical (unpaired) electrons. The molecule has 1 unspecified atom stereocenters. The summed E-state index contributed by atoms with van der Waals surface area (Å²) in [5, 5.41) is 0. The molecular formula is C69H124O6. The van der Waals surface area contributed by atoms with E-state index in [9.17, 15) is 14.4 Å². The van der Waals surface area contributed by atoms with E-state index in [0.29, 0.717) is 19.3 Å². The second-order valence-corrected chi connectivity index (χ2v) is 22.0.